The summed E-state index contributed by atoms with van der Waals surface area (Å²) in [4.78, 5) is 22.9. The van der Waals surface area contributed by atoms with Crippen molar-refractivity contribution in [3.05, 3.63) is 29.8 Å². The summed E-state index contributed by atoms with van der Waals surface area (Å²) in [6.45, 7) is 0. The molecule has 0 aliphatic carbocycles. The number of para-hydroxylation sites is 1. The van der Waals surface area contributed by atoms with Crippen molar-refractivity contribution in [3.8, 4) is 0 Å². The molecule has 0 unspecified atom stereocenters. The van der Waals surface area contributed by atoms with E-state index in [4.69, 9.17) is 0 Å². The first-order chi connectivity index (χ1) is 8.04. The number of hydrogen-bond donors (Lipinski definition) is 2. The summed E-state index contributed by atoms with van der Waals surface area (Å²) in [7, 11) is 4.66. The number of nitrogens with one attached hydrogen (secondary N) is 2. The van der Waals surface area contributed by atoms with Crippen LogP contribution in [0.2, 0.25) is 0 Å². The average molecular weight is 237 g/mol. The van der Waals surface area contributed by atoms with Crippen LogP contribution in [0.15, 0.2) is 24.3 Å². The highest BCUT2D eigenvalue weighted by Crippen LogP contribution is 2.15. The lowest BCUT2D eigenvalue weighted by molar-refractivity contribution is 0.0602. The third kappa shape index (κ3) is 3.76. The Hall–Kier alpha value is -2.08. The van der Waals surface area contributed by atoms with Gasteiger partial charge in [-0.1, -0.05) is 12.1 Å². The van der Waals surface area contributed by atoms with Crippen molar-refractivity contribution in [1.29, 1.82) is 0 Å². The number of rotatable bonds is 3. The SMILES string of the molecule is COC(=O)c1ccccc1NC(=O)NN(C)C. The lowest BCUT2D eigenvalue weighted by atomic mass is 10.2. The van der Waals surface area contributed by atoms with E-state index in [0.29, 0.717) is 11.3 Å². The van der Waals surface area contributed by atoms with Crippen LogP contribution in [0.5, 0.6) is 0 Å². The summed E-state index contributed by atoms with van der Waals surface area (Å²) in [5.41, 5.74) is 3.22. The van der Waals surface area contributed by atoms with Crippen LogP contribution < -0.4 is 10.7 Å². The topological polar surface area (TPSA) is 70.7 Å². The van der Waals surface area contributed by atoms with E-state index in [2.05, 4.69) is 15.5 Å². The van der Waals surface area contributed by atoms with Crippen LogP contribution in [0, 0.1) is 0 Å². The van der Waals surface area contributed by atoms with Gasteiger partial charge in [0.2, 0.25) is 0 Å². The first-order valence-corrected chi connectivity index (χ1v) is 4.97. The molecule has 1 aromatic rings. The molecule has 0 saturated carbocycles. The van der Waals surface area contributed by atoms with Crippen LogP contribution in [0.1, 0.15) is 10.4 Å². The number of hydrogen-bond acceptors (Lipinski definition) is 4. The van der Waals surface area contributed by atoms with Gasteiger partial charge >= 0.3 is 12.0 Å². The third-order valence-electron chi connectivity index (χ3n) is 1.91. The van der Waals surface area contributed by atoms with Crippen molar-refractivity contribution in [2.24, 2.45) is 0 Å². The van der Waals surface area contributed by atoms with Gasteiger partial charge in [-0.15, -0.1) is 0 Å². The second-order valence-corrected chi connectivity index (χ2v) is 3.50. The Bertz CT molecular complexity index is 418. The van der Waals surface area contributed by atoms with Gasteiger partial charge in [0.15, 0.2) is 0 Å². The Kier molecular flexibility index (Phi) is 4.47. The number of amides is 2. The maximum atomic E-state index is 11.5. The summed E-state index contributed by atoms with van der Waals surface area (Å²) in [6, 6.07) is 6.20. The zero-order valence-corrected chi connectivity index (χ0v) is 9.98. The molecule has 2 N–H and O–H groups in total. The fraction of sp³-hybridized carbons (Fsp3) is 0.273. The molecule has 1 aromatic carbocycles. The van der Waals surface area contributed by atoms with Crippen LogP contribution in [-0.4, -0.2) is 38.2 Å². The monoisotopic (exact) mass is 237 g/mol. The van der Waals surface area contributed by atoms with Gasteiger partial charge in [-0.25, -0.2) is 14.6 Å². The smallest absolute Gasteiger partial charge is 0.339 e. The number of carbonyl (C=O) groups is 2. The van der Waals surface area contributed by atoms with Gasteiger partial charge in [0.05, 0.1) is 18.4 Å². The largest absolute Gasteiger partial charge is 0.465 e. The summed E-state index contributed by atoms with van der Waals surface area (Å²) >= 11 is 0. The van der Waals surface area contributed by atoms with Crippen molar-refractivity contribution < 1.29 is 14.3 Å². The van der Waals surface area contributed by atoms with E-state index < -0.39 is 12.0 Å². The number of urea groups is 1. The highest BCUT2D eigenvalue weighted by Gasteiger charge is 2.12. The molecule has 0 bridgehead atoms. The first-order valence-electron chi connectivity index (χ1n) is 4.97. The average Bonchev–Trinajstić information content (AvgIpc) is 2.27. The van der Waals surface area contributed by atoms with Gasteiger partial charge < -0.3 is 10.1 Å². The highest BCUT2D eigenvalue weighted by molar-refractivity contribution is 6.00. The molecule has 0 radical (unpaired) electrons. The number of hydrazine groups is 1. The van der Waals surface area contributed by atoms with Crippen LogP contribution in [0.25, 0.3) is 0 Å². The minimum absolute atomic E-state index is 0.309. The van der Waals surface area contributed by atoms with Crippen molar-refractivity contribution in [2.45, 2.75) is 0 Å². The molecule has 0 spiro atoms. The van der Waals surface area contributed by atoms with Crippen molar-refractivity contribution >= 4 is 17.7 Å². The molecule has 0 aliphatic rings. The molecule has 0 atom stereocenters. The second kappa shape index (κ2) is 5.86. The molecule has 0 aliphatic heterocycles. The fourth-order valence-electron chi connectivity index (χ4n) is 1.23. The minimum Gasteiger partial charge on any atom is -0.465 e. The normalized spacial score (nSPS) is 9.88. The lowest BCUT2D eigenvalue weighted by Gasteiger charge is -2.14. The van der Waals surface area contributed by atoms with Crippen LogP contribution in [0.3, 0.4) is 0 Å². The van der Waals surface area contributed by atoms with Gasteiger partial charge in [-0.3, -0.25) is 5.43 Å². The van der Waals surface area contributed by atoms with Gasteiger partial charge in [-0.2, -0.15) is 0 Å². The van der Waals surface area contributed by atoms with Gasteiger partial charge in [0.1, 0.15) is 0 Å². The zero-order valence-electron chi connectivity index (χ0n) is 9.98. The van der Waals surface area contributed by atoms with E-state index in [9.17, 15) is 9.59 Å². The van der Waals surface area contributed by atoms with E-state index in [1.165, 1.54) is 12.1 Å². The van der Waals surface area contributed by atoms with E-state index in [1.54, 1.807) is 38.4 Å². The molecule has 1 rings (SSSR count). The second-order valence-electron chi connectivity index (χ2n) is 3.50. The number of methoxy groups -OCH3 is 1. The maximum absolute atomic E-state index is 11.5. The van der Waals surface area contributed by atoms with Gasteiger partial charge in [0, 0.05) is 14.1 Å². The number of carbonyl (C=O) groups excluding carboxylic acids is 2. The van der Waals surface area contributed by atoms with Crippen LogP contribution in [0.4, 0.5) is 10.5 Å². The van der Waals surface area contributed by atoms with Gasteiger partial charge in [0.25, 0.3) is 0 Å². The van der Waals surface area contributed by atoms with Crippen molar-refractivity contribution in [3.63, 3.8) is 0 Å². The van der Waals surface area contributed by atoms with E-state index in [-0.39, 0.29) is 0 Å². The predicted octanol–water partition coefficient (Wildman–Crippen LogP) is 1.07. The number of benzene rings is 1. The number of esters is 1. The first kappa shape index (κ1) is 13.0. The van der Waals surface area contributed by atoms with Crippen molar-refractivity contribution in [1.82, 2.24) is 10.4 Å². The molecule has 92 valence electrons. The number of ether oxygens (including phenoxy) is 1. The summed E-state index contributed by atoms with van der Waals surface area (Å²) < 4.78 is 4.62. The molecule has 0 saturated heterocycles. The summed E-state index contributed by atoms with van der Waals surface area (Å²) in [5, 5.41) is 4.06. The summed E-state index contributed by atoms with van der Waals surface area (Å²) in [5.74, 6) is -0.495. The molecule has 2 amide bonds. The number of anilines is 1. The Morgan fingerprint density at radius 2 is 1.88 bits per heavy atom. The quantitative estimate of drug-likeness (QED) is 0.609. The third-order valence-corrected chi connectivity index (χ3v) is 1.91. The Morgan fingerprint density at radius 3 is 2.47 bits per heavy atom. The molecule has 0 heterocycles. The van der Waals surface area contributed by atoms with Crippen molar-refractivity contribution in [2.75, 3.05) is 26.5 Å². The molecule has 0 fully saturated rings. The summed E-state index contributed by atoms with van der Waals surface area (Å²) in [6.07, 6.45) is 0. The Labute approximate surface area is 99.5 Å². The predicted molar refractivity (Wildman–Crippen MR) is 63.6 cm³/mol. The molecule has 6 heteroatoms. The molecule has 6 nitrogen and oxygen atoms in total. The maximum Gasteiger partial charge on any atom is 0.339 e. The standard InChI is InChI=1S/C11H15N3O3/c1-14(2)13-11(16)12-9-7-5-4-6-8(9)10(15)17-3/h4-7H,1-3H3,(H2,12,13,16). The number of nitrogens with zero attached hydrogens (tertiary/aromatic N) is 1. The molecular formula is C11H15N3O3. The van der Waals surface area contributed by atoms with Crippen LogP contribution in [-0.2, 0) is 4.74 Å². The molecule has 0 aromatic heterocycles. The fourth-order valence-corrected chi connectivity index (χ4v) is 1.23. The van der Waals surface area contributed by atoms with Crippen LogP contribution >= 0.6 is 0 Å². The highest BCUT2D eigenvalue weighted by atomic mass is 16.5. The molecular weight excluding hydrogens is 222 g/mol. The molecule has 17 heavy (non-hydrogen) atoms. The Morgan fingerprint density at radius 1 is 1.24 bits per heavy atom. The zero-order chi connectivity index (χ0) is 12.8. The van der Waals surface area contributed by atoms with E-state index in [0.717, 1.165) is 0 Å². The Balaban J connectivity index is 2.83. The van der Waals surface area contributed by atoms with E-state index >= 15 is 0 Å². The minimum atomic E-state index is -0.495. The van der Waals surface area contributed by atoms with E-state index in [1.807, 2.05) is 0 Å². The van der Waals surface area contributed by atoms with Gasteiger partial charge in [-0.05, 0) is 12.1 Å². The lowest BCUT2D eigenvalue weighted by Crippen LogP contribution is -2.39.